The highest BCUT2D eigenvalue weighted by molar-refractivity contribution is 5.91. The maximum atomic E-state index is 14.4. The monoisotopic (exact) mass is 488 g/mol. The second kappa shape index (κ2) is 17.1. The third kappa shape index (κ3) is 10.8. The summed E-state index contributed by atoms with van der Waals surface area (Å²) >= 11 is 0. The van der Waals surface area contributed by atoms with Crippen molar-refractivity contribution in [2.75, 3.05) is 6.61 Å². The second-order valence-electron chi connectivity index (χ2n) is 9.26. The molecule has 2 aromatic rings. The molecule has 0 aliphatic carbocycles. The average molecular weight is 489 g/mol. The van der Waals surface area contributed by atoms with Gasteiger partial charge in [-0.25, -0.2) is 4.79 Å². The first-order valence-corrected chi connectivity index (χ1v) is 13.5. The Morgan fingerprint density at radius 3 is 1.80 bits per heavy atom. The molecule has 0 N–H and O–H groups in total. The fourth-order valence-corrected chi connectivity index (χ4v) is 4.02. The van der Waals surface area contributed by atoms with Gasteiger partial charge < -0.3 is 9.47 Å². The maximum Gasteiger partial charge on any atom is 0.343 e. The SMILES string of the molecule is CCCCCCCCCCc1ccc(C(=O)Oc2ccc(OCCCCCCC)c(F)c2F)cc1. The molecule has 0 amide bonds. The van der Waals surface area contributed by atoms with Gasteiger partial charge in [0.05, 0.1) is 12.2 Å². The Hall–Kier alpha value is -2.43. The Labute approximate surface area is 210 Å². The van der Waals surface area contributed by atoms with E-state index in [-0.39, 0.29) is 5.75 Å². The van der Waals surface area contributed by atoms with Crippen LogP contribution in [0.1, 0.15) is 113 Å². The summed E-state index contributed by atoms with van der Waals surface area (Å²) in [5, 5.41) is 0. The lowest BCUT2D eigenvalue weighted by atomic mass is 10.0. The Morgan fingerprint density at radius 1 is 0.657 bits per heavy atom. The fraction of sp³-hybridized carbons (Fsp3) is 0.567. The lowest BCUT2D eigenvalue weighted by Crippen LogP contribution is -2.10. The van der Waals surface area contributed by atoms with Crippen molar-refractivity contribution in [2.45, 2.75) is 104 Å². The smallest absolute Gasteiger partial charge is 0.343 e. The zero-order valence-electron chi connectivity index (χ0n) is 21.6. The van der Waals surface area contributed by atoms with E-state index in [9.17, 15) is 13.6 Å². The van der Waals surface area contributed by atoms with Crippen LogP contribution in [-0.2, 0) is 6.42 Å². The van der Waals surface area contributed by atoms with Crippen molar-refractivity contribution in [2.24, 2.45) is 0 Å². The van der Waals surface area contributed by atoms with Crippen molar-refractivity contribution < 1.29 is 23.0 Å². The van der Waals surface area contributed by atoms with Crippen molar-refractivity contribution >= 4 is 5.97 Å². The summed E-state index contributed by atoms with van der Waals surface area (Å²) in [5.74, 6) is -3.67. The minimum Gasteiger partial charge on any atom is -0.490 e. The van der Waals surface area contributed by atoms with Gasteiger partial charge in [0, 0.05) is 0 Å². The highest BCUT2D eigenvalue weighted by Gasteiger charge is 2.19. The minimum atomic E-state index is -1.21. The number of esters is 1. The quantitative estimate of drug-likeness (QED) is 0.119. The maximum absolute atomic E-state index is 14.4. The number of ether oxygens (including phenoxy) is 2. The predicted molar refractivity (Wildman–Crippen MR) is 138 cm³/mol. The van der Waals surface area contributed by atoms with Crippen molar-refractivity contribution in [1.29, 1.82) is 0 Å². The molecule has 0 saturated heterocycles. The van der Waals surface area contributed by atoms with Gasteiger partial charge >= 0.3 is 5.97 Å². The molecule has 0 unspecified atom stereocenters. The average Bonchev–Trinajstić information content (AvgIpc) is 2.87. The van der Waals surface area contributed by atoms with Gasteiger partial charge in [0.25, 0.3) is 0 Å². The standard InChI is InChI=1S/C30H42F2O3/c1-3-5-7-9-10-11-12-14-16-24-17-19-25(20-18-24)30(33)35-27-22-21-26(28(31)29(27)32)34-23-15-13-8-6-4-2/h17-22H,3-16,23H2,1-2H3. The van der Waals surface area contributed by atoms with Crippen LogP contribution in [0.4, 0.5) is 8.78 Å². The molecule has 35 heavy (non-hydrogen) atoms. The van der Waals surface area contributed by atoms with Crippen LogP contribution >= 0.6 is 0 Å². The van der Waals surface area contributed by atoms with Crippen LogP contribution in [0.5, 0.6) is 11.5 Å². The molecule has 2 rings (SSSR count). The van der Waals surface area contributed by atoms with Crippen LogP contribution in [0, 0.1) is 11.6 Å². The first-order valence-electron chi connectivity index (χ1n) is 13.5. The zero-order valence-corrected chi connectivity index (χ0v) is 21.6. The van der Waals surface area contributed by atoms with Gasteiger partial charge in [0.1, 0.15) is 0 Å². The normalized spacial score (nSPS) is 11.0. The van der Waals surface area contributed by atoms with E-state index in [0.29, 0.717) is 12.2 Å². The lowest BCUT2D eigenvalue weighted by Gasteiger charge is -2.11. The molecule has 5 heteroatoms. The van der Waals surface area contributed by atoms with Gasteiger partial charge in [-0.2, -0.15) is 8.78 Å². The molecule has 0 saturated carbocycles. The molecule has 2 aromatic carbocycles. The van der Waals surface area contributed by atoms with Gasteiger partial charge in [-0.1, -0.05) is 96.6 Å². The largest absolute Gasteiger partial charge is 0.490 e. The van der Waals surface area contributed by atoms with E-state index in [1.54, 1.807) is 12.1 Å². The topological polar surface area (TPSA) is 35.5 Å². The third-order valence-electron chi connectivity index (χ3n) is 6.23. The Morgan fingerprint density at radius 2 is 1.17 bits per heavy atom. The molecule has 0 spiro atoms. The summed E-state index contributed by atoms with van der Waals surface area (Å²) < 4.78 is 39.3. The van der Waals surface area contributed by atoms with Crippen LogP contribution in [0.15, 0.2) is 36.4 Å². The van der Waals surface area contributed by atoms with Gasteiger partial charge in [0.2, 0.25) is 11.6 Å². The number of carbonyl (C=O) groups is 1. The highest BCUT2D eigenvalue weighted by atomic mass is 19.2. The van der Waals surface area contributed by atoms with Crippen molar-refractivity contribution in [3.05, 3.63) is 59.2 Å². The molecule has 0 aliphatic heterocycles. The summed E-state index contributed by atoms with van der Waals surface area (Å²) in [6.45, 7) is 4.69. The van der Waals surface area contributed by atoms with Crippen LogP contribution in [0.2, 0.25) is 0 Å². The van der Waals surface area contributed by atoms with Crippen molar-refractivity contribution in [3.63, 3.8) is 0 Å². The molecule has 0 radical (unpaired) electrons. The van der Waals surface area contributed by atoms with Gasteiger partial charge in [-0.15, -0.1) is 0 Å². The number of benzene rings is 2. The van der Waals surface area contributed by atoms with E-state index < -0.39 is 23.4 Å². The van der Waals surface area contributed by atoms with E-state index in [2.05, 4.69) is 13.8 Å². The summed E-state index contributed by atoms with van der Waals surface area (Å²) in [5.41, 5.74) is 1.46. The molecule has 0 atom stereocenters. The van der Waals surface area contributed by atoms with Gasteiger partial charge in [0.15, 0.2) is 11.5 Å². The van der Waals surface area contributed by atoms with Crippen LogP contribution in [0.25, 0.3) is 0 Å². The molecule has 0 aliphatic rings. The van der Waals surface area contributed by atoms with Crippen LogP contribution < -0.4 is 9.47 Å². The van der Waals surface area contributed by atoms with E-state index in [0.717, 1.165) is 50.5 Å². The highest BCUT2D eigenvalue weighted by Crippen LogP contribution is 2.28. The predicted octanol–water partition coefficient (Wildman–Crippen LogP) is 9.22. The van der Waals surface area contributed by atoms with Gasteiger partial charge in [-0.05, 0) is 49.1 Å². The van der Waals surface area contributed by atoms with E-state index >= 15 is 0 Å². The first-order chi connectivity index (χ1) is 17.1. The number of hydrogen-bond donors (Lipinski definition) is 0. The van der Waals surface area contributed by atoms with Crippen molar-refractivity contribution in [3.8, 4) is 11.5 Å². The number of halogens is 2. The second-order valence-corrected chi connectivity index (χ2v) is 9.26. The Bertz CT molecular complexity index is 865. The molecule has 0 aromatic heterocycles. The molecule has 0 fully saturated rings. The van der Waals surface area contributed by atoms with Crippen LogP contribution in [0.3, 0.4) is 0 Å². The van der Waals surface area contributed by atoms with Crippen LogP contribution in [-0.4, -0.2) is 12.6 Å². The Balaban J connectivity index is 1.77. The lowest BCUT2D eigenvalue weighted by molar-refractivity contribution is 0.0726. The van der Waals surface area contributed by atoms with E-state index in [4.69, 9.17) is 9.47 Å². The molecule has 3 nitrogen and oxygen atoms in total. The molecule has 0 heterocycles. The first kappa shape index (κ1) is 28.8. The summed E-state index contributed by atoms with van der Waals surface area (Å²) in [6.07, 6.45) is 16.3. The minimum absolute atomic E-state index is 0.164. The molecule has 0 bridgehead atoms. The number of rotatable bonds is 18. The Kier molecular flexibility index (Phi) is 14.1. The van der Waals surface area contributed by atoms with Crippen molar-refractivity contribution in [1.82, 2.24) is 0 Å². The number of hydrogen-bond acceptors (Lipinski definition) is 3. The third-order valence-corrected chi connectivity index (χ3v) is 6.23. The summed E-state index contributed by atoms with van der Waals surface area (Å²) in [7, 11) is 0. The summed E-state index contributed by atoms with van der Waals surface area (Å²) in [4.78, 5) is 12.4. The number of carbonyl (C=O) groups excluding carboxylic acids is 1. The molecular formula is C30H42F2O3. The zero-order chi connectivity index (χ0) is 25.3. The summed E-state index contributed by atoms with van der Waals surface area (Å²) in [6, 6.07) is 9.68. The number of aryl methyl sites for hydroxylation is 1. The molecule has 194 valence electrons. The van der Waals surface area contributed by atoms with E-state index in [1.165, 1.54) is 57.1 Å². The van der Waals surface area contributed by atoms with Gasteiger partial charge in [-0.3, -0.25) is 0 Å². The molecular weight excluding hydrogens is 446 g/mol. The fourth-order valence-electron chi connectivity index (χ4n) is 4.02. The van der Waals surface area contributed by atoms with E-state index in [1.807, 2.05) is 12.1 Å². The number of unbranched alkanes of at least 4 members (excludes halogenated alkanes) is 11.